The van der Waals surface area contributed by atoms with Gasteiger partial charge in [0, 0.05) is 25.1 Å². The fourth-order valence-corrected chi connectivity index (χ4v) is 2.07. The predicted molar refractivity (Wildman–Crippen MR) is 68.1 cm³/mol. The van der Waals surface area contributed by atoms with E-state index >= 15 is 0 Å². The smallest absolute Gasteiger partial charge is 0.134 e. The highest BCUT2D eigenvalue weighted by molar-refractivity contribution is 5.77. The van der Waals surface area contributed by atoms with Crippen molar-refractivity contribution in [1.82, 2.24) is 9.78 Å². The van der Waals surface area contributed by atoms with Gasteiger partial charge in [-0.1, -0.05) is 18.2 Å². The molecule has 0 aliphatic heterocycles. The summed E-state index contributed by atoms with van der Waals surface area (Å²) in [5.41, 5.74) is 1.79. The second-order valence-electron chi connectivity index (χ2n) is 4.43. The zero-order valence-electron chi connectivity index (χ0n) is 10.1. The van der Waals surface area contributed by atoms with Gasteiger partial charge in [0.1, 0.15) is 17.4 Å². The Kier molecular flexibility index (Phi) is 2.64. The number of rotatable bonds is 3. The van der Waals surface area contributed by atoms with E-state index in [1.165, 1.54) is 0 Å². The van der Waals surface area contributed by atoms with E-state index in [2.05, 4.69) is 5.10 Å². The number of hydrogen-bond acceptors (Lipinski definition) is 3. The number of furan rings is 1. The summed E-state index contributed by atoms with van der Waals surface area (Å²) in [6.07, 6.45) is 3.52. The van der Waals surface area contributed by atoms with Crippen LogP contribution >= 0.6 is 0 Å². The highest BCUT2D eigenvalue weighted by Gasteiger charge is 2.14. The first kappa shape index (κ1) is 11.0. The van der Waals surface area contributed by atoms with Crippen molar-refractivity contribution in [3.05, 3.63) is 54.0 Å². The monoisotopic (exact) mass is 242 g/mol. The van der Waals surface area contributed by atoms with Gasteiger partial charge in [0.15, 0.2) is 0 Å². The summed E-state index contributed by atoms with van der Waals surface area (Å²) in [7, 11) is 1.86. The molecule has 92 valence electrons. The van der Waals surface area contributed by atoms with E-state index in [0.29, 0.717) is 12.2 Å². The van der Waals surface area contributed by atoms with Crippen molar-refractivity contribution in [2.24, 2.45) is 7.05 Å². The summed E-state index contributed by atoms with van der Waals surface area (Å²) in [5.74, 6) is 0.597. The van der Waals surface area contributed by atoms with Gasteiger partial charge in [-0.2, -0.15) is 5.10 Å². The van der Waals surface area contributed by atoms with Crippen LogP contribution in [-0.2, 0) is 13.5 Å². The molecule has 1 unspecified atom stereocenters. The van der Waals surface area contributed by atoms with E-state index in [0.717, 1.165) is 16.5 Å². The summed E-state index contributed by atoms with van der Waals surface area (Å²) in [6, 6.07) is 9.63. The van der Waals surface area contributed by atoms with Gasteiger partial charge in [-0.15, -0.1) is 0 Å². The highest BCUT2D eigenvalue weighted by atomic mass is 16.4. The number of aromatic nitrogens is 2. The van der Waals surface area contributed by atoms with E-state index in [1.54, 1.807) is 10.9 Å². The Morgan fingerprint density at radius 2 is 2.22 bits per heavy atom. The first-order valence-electron chi connectivity index (χ1n) is 5.86. The third-order valence-corrected chi connectivity index (χ3v) is 2.96. The van der Waals surface area contributed by atoms with Crippen molar-refractivity contribution in [3.63, 3.8) is 0 Å². The molecule has 3 rings (SSSR count). The number of aliphatic hydroxyl groups excluding tert-OH is 1. The number of benzene rings is 1. The van der Waals surface area contributed by atoms with Gasteiger partial charge in [-0.05, 0) is 17.7 Å². The molecule has 3 aromatic rings. The molecule has 0 spiro atoms. The normalized spacial score (nSPS) is 13.0. The number of para-hydroxylation sites is 1. The SMILES string of the molecule is Cn1cc(CC(O)c2cc3ccccc3o2)cn1. The maximum Gasteiger partial charge on any atom is 0.134 e. The van der Waals surface area contributed by atoms with Crippen molar-refractivity contribution >= 4 is 11.0 Å². The van der Waals surface area contributed by atoms with Crippen molar-refractivity contribution in [3.8, 4) is 0 Å². The molecule has 0 bridgehead atoms. The van der Waals surface area contributed by atoms with Crippen LogP contribution in [0.15, 0.2) is 47.1 Å². The number of nitrogens with zero attached hydrogens (tertiary/aromatic N) is 2. The van der Waals surface area contributed by atoms with Gasteiger partial charge >= 0.3 is 0 Å². The van der Waals surface area contributed by atoms with Gasteiger partial charge in [0.05, 0.1) is 6.20 Å². The van der Waals surface area contributed by atoms with Gasteiger partial charge in [-0.3, -0.25) is 4.68 Å². The van der Waals surface area contributed by atoms with Crippen LogP contribution in [0.5, 0.6) is 0 Å². The van der Waals surface area contributed by atoms with Crippen molar-refractivity contribution in [2.75, 3.05) is 0 Å². The zero-order chi connectivity index (χ0) is 12.5. The van der Waals surface area contributed by atoms with Crippen LogP contribution in [0.25, 0.3) is 11.0 Å². The summed E-state index contributed by atoms with van der Waals surface area (Å²) in [4.78, 5) is 0. The Balaban J connectivity index is 1.85. The second kappa shape index (κ2) is 4.31. The highest BCUT2D eigenvalue weighted by Crippen LogP contribution is 2.25. The Bertz CT molecular complexity index is 636. The second-order valence-corrected chi connectivity index (χ2v) is 4.43. The Morgan fingerprint density at radius 3 is 2.94 bits per heavy atom. The number of aliphatic hydroxyl groups is 1. The lowest BCUT2D eigenvalue weighted by molar-refractivity contribution is 0.152. The molecule has 2 aromatic heterocycles. The molecular formula is C14H14N2O2. The first-order chi connectivity index (χ1) is 8.72. The summed E-state index contributed by atoms with van der Waals surface area (Å²) in [6.45, 7) is 0. The minimum atomic E-state index is -0.637. The molecule has 4 heteroatoms. The van der Waals surface area contributed by atoms with Crippen LogP contribution in [0.3, 0.4) is 0 Å². The largest absolute Gasteiger partial charge is 0.458 e. The standard InChI is InChI=1S/C14H14N2O2/c1-16-9-10(8-15-16)6-12(17)14-7-11-4-2-3-5-13(11)18-14/h2-5,7-9,12,17H,6H2,1H3. The molecular weight excluding hydrogens is 228 g/mol. The van der Waals surface area contributed by atoms with Gasteiger partial charge in [0.25, 0.3) is 0 Å². The van der Waals surface area contributed by atoms with Crippen LogP contribution in [0.1, 0.15) is 17.4 Å². The Hall–Kier alpha value is -2.07. The number of aryl methyl sites for hydroxylation is 1. The minimum absolute atomic E-state index is 0.508. The molecule has 2 heterocycles. The summed E-state index contributed by atoms with van der Waals surface area (Å²) in [5, 5.41) is 15.2. The lowest BCUT2D eigenvalue weighted by Gasteiger charge is -2.04. The van der Waals surface area contributed by atoms with Crippen LogP contribution < -0.4 is 0 Å². The molecule has 4 nitrogen and oxygen atoms in total. The van der Waals surface area contributed by atoms with Gasteiger partial charge in [-0.25, -0.2) is 0 Å². The van der Waals surface area contributed by atoms with Crippen molar-refractivity contribution in [2.45, 2.75) is 12.5 Å². The van der Waals surface area contributed by atoms with Gasteiger partial charge < -0.3 is 9.52 Å². The molecule has 0 saturated carbocycles. The van der Waals surface area contributed by atoms with Crippen LogP contribution in [0.4, 0.5) is 0 Å². The van der Waals surface area contributed by atoms with Crippen molar-refractivity contribution in [1.29, 1.82) is 0 Å². The minimum Gasteiger partial charge on any atom is -0.458 e. The molecule has 0 saturated heterocycles. The van der Waals surface area contributed by atoms with E-state index in [9.17, 15) is 5.11 Å². The van der Waals surface area contributed by atoms with E-state index in [1.807, 2.05) is 43.6 Å². The molecule has 1 N–H and O–H groups in total. The Labute approximate surface area is 104 Å². The average molecular weight is 242 g/mol. The maximum absolute atomic E-state index is 10.2. The van der Waals surface area contributed by atoms with Crippen LogP contribution in [0.2, 0.25) is 0 Å². The zero-order valence-corrected chi connectivity index (χ0v) is 10.1. The molecule has 0 radical (unpaired) electrons. The molecule has 0 amide bonds. The van der Waals surface area contributed by atoms with Crippen molar-refractivity contribution < 1.29 is 9.52 Å². The third-order valence-electron chi connectivity index (χ3n) is 2.96. The third kappa shape index (κ3) is 2.02. The van der Waals surface area contributed by atoms with E-state index < -0.39 is 6.10 Å². The predicted octanol–water partition coefficient (Wildman–Crippen LogP) is 2.44. The number of fused-ring (bicyclic) bond motifs is 1. The summed E-state index contributed by atoms with van der Waals surface area (Å²) >= 11 is 0. The molecule has 0 fully saturated rings. The quantitative estimate of drug-likeness (QED) is 0.767. The molecule has 0 aliphatic rings. The molecule has 18 heavy (non-hydrogen) atoms. The summed E-state index contributed by atoms with van der Waals surface area (Å²) < 4.78 is 7.35. The maximum atomic E-state index is 10.2. The fraction of sp³-hybridized carbons (Fsp3) is 0.214. The van der Waals surface area contributed by atoms with Gasteiger partial charge in [0.2, 0.25) is 0 Å². The molecule has 1 aromatic carbocycles. The van der Waals surface area contributed by atoms with Crippen LogP contribution in [0, 0.1) is 0 Å². The lowest BCUT2D eigenvalue weighted by atomic mass is 10.1. The average Bonchev–Trinajstić information content (AvgIpc) is 2.95. The topological polar surface area (TPSA) is 51.2 Å². The lowest BCUT2D eigenvalue weighted by Crippen LogP contribution is -1.99. The van der Waals surface area contributed by atoms with E-state index in [4.69, 9.17) is 4.42 Å². The van der Waals surface area contributed by atoms with Crippen LogP contribution in [-0.4, -0.2) is 14.9 Å². The molecule has 1 atom stereocenters. The fourth-order valence-electron chi connectivity index (χ4n) is 2.07. The molecule has 0 aliphatic carbocycles. The van der Waals surface area contributed by atoms with E-state index in [-0.39, 0.29) is 0 Å². The first-order valence-corrected chi connectivity index (χ1v) is 5.86. The number of hydrogen-bond donors (Lipinski definition) is 1. The Morgan fingerprint density at radius 1 is 1.39 bits per heavy atom.